The van der Waals surface area contributed by atoms with Crippen LogP contribution in [0.2, 0.25) is 5.02 Å². The molecule has 4 aromatic rings. The number of amides is 1. The zero-order valence-electron chi connectivity index (χ0n) is 20.0. The molecule has 4 N–H and O–H groups in total. The number of aromatic nitrogens is 1. The largest absolute Gasteiger partial charge is 0.508 e. The molecule has 9 nitrogen and oxygen atoms in total. The Morgan fingerprint density at radius 3 is 2.68 bits per heavy atom. The second-order valence-electron chi connectivity index (χ2n) is 9.24. The standard InChI is InChI=1S/C27H25ClN2O7/c1-13(25(32)30-22(26(33)34)8-14-12-29-21-7-6-15(31)9-18(14)21)36-24-11-23-19(10-20(24)28)16-4-2-3-5-17(16)27(35)37-23/h6-7,9-13,22,29,31H,2-5,8H2,1H3,(H,30,32)(H,33,34)/t13-,22+/m1/s1. The number of carboxylic acid groups (broad SMARTS) is 1. The molecule has 0 saturated heterocycles. The van der Waals surface area contributed by atoms with Gasteiger partial charge in [-0.3, -0.25) is 4.79 Å². The lowest BCUT2D eigenvalue weighted by atomic mass is 9.90. The number of H-pyrrole nitrogens is 1. The van der Waals surface area contributed by atoms with Crippen LogP contribution in [0.5, 0.6) is 11.5 Å². The van der Waals surface area contributed by atoms with Gasteiger partial charge < -0.3 is 29.7 Å². The van der Waals surface area contributed by atoms with Crippen molar-refractivity contribution in [1.29, 1.82) is 0 Å². The van der Waals surface area contributed by atoms with E-state index in [1.807, 2.05) is 0 Å². The van der Waals surface area contributed by atoms with Crippen LogP contribution in [0.15, 0.2) is 45.7 Å². The smallest absolute Gasteiger partial charge is 0.339 e. The van der Waals surface area contributed by atoms with Crippen LogP contribution in [0.1, 0.15) is 36.5 Å². The van der Waals surface area contributed by atoms with Gasteiger partial charge in [0, 0.05) is 40.5 Å². The number of carbonyl (C=O) groups excluding carboxylic acids is 1. The molecule has 2 aromatic carbocycles. The van der Waals surface area contributed by atoms with Crippen molar-refractivity contribution in [2.24, 2.45) is 0 Å². The molecule has 0 bridgehead atoms. The number of aliphatic carboxylic acids is 1. The summed E-state index contributed by atoms with van der Waals surface area (Å²) < 4.78 is 11.3. The summed E-state index contributed by atoms with van der Waals surface area (Å²) in [7, 11) is 0. The van der Waals surface area contributed by atoms with E-state index >= 15 is 0 Å². The number of phenolic OH excluding ortho intramolecular Hbond substituents is 1. The van der Waals surface area contributed by atoms with Crippen molar-refractivity contribution in [3.05, 3.63) is 68.7 Å². The second-order valence-corrected chi connectivity index (χ2v) is 9.65. The topological polar surface area (TPSA) is 142 Å². The fourth-order valence-electron chi connectivity index (χ4n) is 4.82. The van der Waals surface area contributed by atoms with Crippen LogP contribution in [0.4, 0.5) is 0 Å². The van der Waals surface area contributed by atoms with E-state index in [1.165, 1.54) is 25.1 Å². The van der Waals surface area contributed by atoms with Gasteiger partial charge in [-0.05, 0) is 68.0 Å². The lowest BCUT2D eigenvalue weighted by Gasteiger charge is -2.20. The van der Waals surface area contributed by atoms with Crippen molar-refractivity contribution in [2.45, 2.75) is 51.2 Å². The number of benzene rings is 2. The van der Waals surface area contributed by atoms with E-state index in [1.54, 1.807) is 18.3 Å². The monoisotopic (exact) mass is 524 g/mol. The Morgan fingerprint density at radius 2 is 1.92 bits per heavy atom. The summed E-state index contributed by atoms with van der Waals surface area (Å²) in [5.41, 5.74) is 2.93. The van der Waals surface area contributed by atoms with Gasteiger partial charge in [-0.1, -0.05) is 11.6 Å². The lowest BCUT2D eigenvalue weighted by Crippen LogP contribution is -2.47. The third-order valence-corrected chi connectivity index (χ3v) is 7.03. The Morgan fingerprint density at radius 1 is 1.16 bits per heavy atom. The van der Waals surface area contributed by atoms with Crippen molar-refractivity contribution in [2.75, 3.05) is 0 Å². The molecule has 0 spiro atoms. The Hall–Kier alpha value is -3.98. The van der Waals surface area contributed by atoms with Gasteiger partial charge in [-0.15, -0.1) is 0 Å². The van der Waals surface area contributed by atoms with E-state index in [2.05, 4.69) is 10.3 Å². The molecule has 37 heavy (non-hydrogen) atoms. The van der Waals surface area contributed by atoms with Crippen LogP contribution < -0.4 is 15.7 Å². The molecule has 192 valence electrons. The number of nitrogens with one attached hydrogen (secondary N) is 2. The molecule has 0 radical (unpaired) electrons. The second kappa shape index (κ2) is 9.82. The highest BCUT2D eigenvalue weighted by Gasteiger charge is 2.26. The molecule has 0 aliphatic heterocycles. The quantitative estimate of drug-likeness (QED) is 0.267. The minimum Gasteiger partial charge on any atom is -0.508 e. The number of carbonyl (C=O) groups is 2. The van der Waals surface area contributed by atoms with Crippen LogP contribution in [0, 0.1) is 0 Å². The molecule has 2 aromatic heterocycles. The minimum absolute atomic E-state index is 0.00968. The molecular weight excluding hydrogens is 500 g/mol. The third-order valence-electron chi connectivity index (χ3n) is 6.74. The summed E-state index contributed by atoms with van der Waals surface area (Å²) in [5, 5.41) is 23.7. The van der Waals surface area contributed by atoms with Gasteiger partial charge in [0.2, 0.25) is 0 Å². The van der Waals surface area contributed by atoms with Crippen molar-refractivity contribution >= 4 is 45.3 Å². The summed E-state index contributed by atoms with van der Waals surface area (Å²) in [6, 6.07) is 6.67. The Bertz CT molecular complexity index is 1590. The molecule has 10 heteroatoms. The maximum absolute atomic E-state index is 12.9. The molecule has 1 aliphatic rings. The average molecular weight is 525 g/mol. The van der Waals surface area contributed by atoms with Crippen molar-refractivity contribution < 1.29 is 29.0 Å². The summed E-state index contributed by atoms with van der Waals surface area (Å²) in [6.45, 7) is 1.47. The number of phenols is 1. The van der Waals surface area contributed by atoms with Gasteiger partial charge in [0.25, 0.3) is 5.91 Å². The van der Waals surface area contributed by atoms with Crippen LogP contribution in [0.25, 0.3) is 21.9 Å². The van der Waals surface area contributed by atoms with Crippen LogP contribution in [0.3, 0.4) is 0 Å². The van der Waals surface area contributed by atoms with Crippen molar-refractivity contribution in [3.63, 3.8) is 0 Å². The predicted octanol–water partition coefficient (Wildman–Crippen LogP) is 4.09. The third kappa shape index (κ3) is 4.86. The summed E-state index contributed by atoms with van der Waals surface area (Å²) in [4.78, 5) is 40.3. The molecule has 2 atom stereocenters. The Labute approximate surface area is 216 Å². The fraction of sp³-hybridized carbons (Fsp3) is 0.296. The molecule has 5 rings (SSSR count). The number of ether oxygens (including phenoxy) is 1. The van der Waals surface area contributed by atoms with Gasteiger partial charge in [0.15, 0.2) is 6.10 Å². The van der Waals surface area contributed by atoms with Gasteiger partial charge in [-0.2, -0.15) is 0 Å². The number of halogens is 1. The van der Waals surface area contributed by atoms with Gasteiger partial charge in [-0.25, -0.2) is 9.59 Å². The predicted molar refractivity (Wildman–Crippen MR) is 137 cm³/mol. The van der Waals surface area contributed by atoms with Crippen LogP contribution in [-0.4, -0.2) is 39.2 Å². The average Bonchev–Trinajstić information content (AvgIpc) is 3.26. The molecule has 0 fully saturated rings. The lowest BCUT2D eigenvalue weighted by molar-refractivity contribution is -0.142. The van der Waals surface area contributed by atoms with Gasteiger partial charge in [0.05, 0.1) is 5.02 Å². The highest BCUT2D eigenvalue weighted by atomic mass is 35.5. The molecule has 0 saturated carbocycles. The summed E-state index contributed by atoms with van der Waals surface area (Å²) >= 11 is 6.46. The number of hydrogen-bond acceptors (Lipinski definition) is 6. The summed E-state index contributed by atoms with van der Waals surface area (Å²) in [6.07, 6.45) is 3.89. The van der Waals surface area contributed by atoms with E-state index in [4.69, 9.17) is 20.8 Å². The number of fused-ring (bicyclic) bond motifs is 4. The van der Waals surface area contributed by atoms with Crippen LogP contribution >= 0.6 is 11.6 Å². The first-order chi connectivity index (χ1) is 17.7. The Kier molecular flexibility index (Phi) is 6.55. The van der Waals surface area contributed by atoms with Crippen molar-refractivity contribution in [1.82, 2.24) is 10.3 Å². The highest BCUT2D eigenvalue weighted by Crippen LogP contribution is 2.34. The fourth-order valence-corrected chi connectivity index (χ4v) is 5.03. The zero-order valence-corrected chi connectivity index (χ0v) is 20.7. The van der Waals surface area contributed by atoms with E-state index < -0.39 is 24.0 Å². The molecule has 0 unspecified atom stereocenters. The van der Waals surface area contributed by atoms with E-state index in [0.29, 0.717) is 28.5 Å². The zero-order chi connectivity index (χ0) is 26.3. The Balaban J connectivity index is 1.34. The number of hydrogen-bond donors (Lipinski definition) is 4. The molecular formula is C27H25ClN2O7. The minimum atomic E-state index is -1.24. The van der Waals surface area contributed by atoms with Crippen LogP contribution in [-0.2, 0) is 28.9 Å². The number of aromatic amines is 1. The van der Waals surface area contributed by atoms with E-state index in [-0.39, 0.29) is 28.6 Å². The number of aromatic hydroxyl groups is 1. The van der Waals surface area contributed by atoms with E-state index in [0.717, 1.165) is 35.7 Å². The highest BCUT2D eigenvalue weighted by molar-refractivity contribution is 6.32. The van der Waals surface area contributed by atoms with E-state index in [9.17, 15) is 24.6 Å². The molecule has 2 heterocycles. The number of aryl methyl sites for hydroxylation is 1. The first kappa shape index (κ1) is 24.7. The first-order valence-electron chi connectivity index (χ1n) is 12.0. The molecule has 1 amide bonds. The number of rotatable bonds is 7. The maximum Gasteiger partial charge on any atom is 0.339 e. The summed E-state index contributed by atoms with van der Waals surface area (Å²) in [5.74, 6) is -1.67. The maximum atomic E-state index is 12.9. The van der Waals surface area contributed by atoms with Gasteiger partial charge in [0.1, 0.15) is 23.1 Å². The molecule has 1 aliphatic carbocycles. The number of carboxylic acids is 1. The first-order valence-corrected chi connectivity index (χ1v) is 12.4. The SMILES string of the molecule is C[C@@H](Oc1cc2oc(=O)c3c(c2cc1Cl)CCCC3)C(=O)N[C@@H](Cc1c[nH]c2ccc(O)cc12)C(=O)O. The van der Waals surface area contributed by atoms with Crippen molar-refractivity contribution in [3.8, 4) is 11.5 Å². The van der Waals surface area contributed by atoms with Gasteiger partial charge >= 0.3 is 11.6 Å². The normalized spacial score (nSPS) is 14.8.